The fraction of sp³-hybridized carbons (Fsp3) is 0.323. The van der Waals surface area contributed by atoms with E-state index in [1.54, 1.807) is 0 Å². The normalized spacial score (nSPS) is 24.1. The predicted molar refractivity (Wildman–Crippen MR) is 142 cm³/mol. The third kappa shape index (κ3) is 6.11. The first kappa shape index (κ1) is 27.1. The Kier molecular flexibility index (Phi) is 8.59. The Balaban J connectivity index is 1.70. The van der Waals surface area contributed by atoms with Gasteiger partial charge in [-0.3, -0.25) is 9.59 Å². The van der Waals surface area contributed by atoms with Gasteiger partial charge in [0.25, 0.3) is 0 Å². The summed E-state index contributed by atoms with van der Waals surface area (Å²) >= 11 is 0. The average molecular weight is 516 g/mol. The first-order valence-electron chi connectivity index (χ1n) is 12.8. The molecule has 1 fully saturated rings. The Morgan fingerprint density at radius 2 is 1.37 bits per heavy atom. The number of benzene rings is 3. The minimum Gasteiger partial charge on any atom is -0.461 e. The standard InChI is InChI=1S/C31H33NO6/c1-3-21-14-16-24(17-15-21)26-27(29(33)37-19-22-10-6-4-7-11-22)25(32-36)18-31(2,35)28(26)30(34)38-20-23-12-8-5-9-13-23/h4-17,26-28,35-36H,3,18-20H2,1-2H3/b32-25+/t26-,27-,28-,31+/m0/s1. The first-order valence-corrected chi connectivity index (χ1v) is 12.8. The van der Waals surface area contributed by atoms with Crippen LogP contribution in [0.3, 0.4) is 0 Å². The van der Waals surface area contributed by atoms with E-state index in [4.69, 9.17) is 9.47 Å². The van der Waals surface area contributed by atoms with E-state index >= 15 is 0 Å². The van der Waals surface area contributed by atoms with Crippen molar-refractivity contribution in [3.8, 4) is 0 Å². The van der Waals surface area contributed by atoms with Crippen molar-refractivity contribution < 1.29 is 29.4 Å². The van der Waals surface area contributed by atoms with Gasteiger partial charge in [0.2, 0.25) is 0 Å². The largest absolute Gasteiger partial charge is 0.461 e. The van der Waals surface area contributed by atoms with E-state index < -0.39 is 35.3 Å². The smallest absolute Gasteiger partial charge is 0.315 e. The Hall–Kier alpha value is -3.97. The lowest BCUT2D eigenvalue weighted by Gasteiger charge is -2.44. The van der Waals surface area contributed by atoms with E-state index in [1.807, 2.05) is 91.9 Å². The van der Waals surface area contributed by atoms with Crippen molar-refractivity contribution in [3.63, 3.8) is 0 Å². The summed E-state index contributed by atoms with van der Waals surface area (Å²) in [7, 11) is 0. The number of esters is 2. The minimum atomic E-state index is -1.64. The van der Waals surface area contributed by atoms with E-state index in [9.17, 15) is 19.9 Å². The molecule has 4 rings (SSSR count). The van der Waals surface area contributed by atoms with Crippen LogP contribution < -0.4 is 0 Å². The van der Waals surface area contributed by atoms with Crippen molar-refractivity contribution in [3.05, 3.63) is 107 Å². The highest BCUT2D eigenvalue weighted by Crippen LogP contribution is 2.47. The van der Waals surface area contributed by atoms with Crippen LogP contribution in [-0.4, -0.2) is 33.6 Å². The molecule has 0 spiro atoms. The number of rotatable bonds is 8. The van der Waals surface area contributed by atoms with Crippen molar-refractivity contribution in [1.29, 1.82) is 0 Å². The zero-order chi connectivity index (χ0) is 27.1. The zero-order valence-corrected chi connectivity index (χ0v) is 21.6. The monoisotopic (exact) mass is 515 g/mol. The van der Waals surface area contributed by atoms with Crippen LogP contribution in [0.15, 0.2) is 90.1 Å². The summed E-state index contributed by atoms with van der Waals surface area (Å²) in [6, 6.07) is 26.0. The third-order valence-electron chi connectivity index (χ3n) is 7.14. The Labute approximate surface area is 222 Å². The first-order chi connectivity index (χ1) is 18.3. The molecule has 0 saturated heterocycles. The molecule has 0 bridgehead atoms. The summed E-state index contributed by atoms with van der Waals surface area (Å²) < 4.78 is 11.3. The summed E-state index contributed by atoms with van der Waals surface area (Å²) in [5.74, 6) is -4.35. The number of oxime groups is 1. The molecule has 198 valence electrons. The molecule has 0 amide bonds. The lowest BCUT2D eigenvalue weighted by molar-refractivity contribution is -0.165. The number of hydrogen-bond donors (Lipinski definition) is 2. The van der Waals surface area contributed by atoms with E-state index in [0.29, 0.717) is 5.56 Å². The van der Waals surface area contributed by atoms with Crippen LogP contribution in [0.4, 0.5) is 0 Å². The molecule has 0 radical (unpaired) electrons. The maximum Gasteiger partial charge on any atom is 0.315 e. The van der Waals surface area contributed by atoms with Crippen molar-refractivity contribution in [2.45, 2.75) is 51.4 Å². The van der Waals surface area contributed by atoms with Crippen LogP contribution in [-0.2, 0) is 38.7 Å². The highest BCUT2D eigenvalue weighted by atomic mass is 16.5. The molecule has 7 nitrogen and oxygen atoms in total. The van der Waals surface area contributed by atoms with Crippen LogP contribution in [0, 0.1) is 11.8 Å². The van der Waals surface area contributed by atoms with E-state index in [2.05, 4.69) is 5.16 Å². The minimum absolute atomic E-state index is 0.0237. The summed E-state index contributed by atoms with van der Waals surface area (Å²) in [5, 5.41) is 24.8. The fourth-order valence-corrected chi connectivity index (χ4v) is 5.15. The van der Waals surface area contributed by atoms with E-state index in [0.717, 1.165) is 23.1 Å². The number of carbonyl (C=O) groups is 2. The molecule has 1 saturated carbocycles. The molecule has 0 aliphatic heterocycles. The van der Waals surface area contributed by atoms with Gasteiger partial charge in [0.1, 0.15) is 19.1 Å². The predicted octanol–water partition coefficient (Wildman–Crippen LogP) is 5.04. The zero-order valence-electron chi connectivity index (χ0n) is 21.6. The average Bonchev–Trinajstić information content (AvgIpc) is 2.94. The molecule has 1 aliphatic carbocycles. The lowest BCUT2D eigenvalue weighted by atomic mass is 9.61. The number of aliphatic hydroxyl groups is 1. The molecular formula is C31H33NO6. The quantitative estimate of drug-likeness (QED) is 0.247. The molecule has 0 aromatic heterocycles. The molecule has 4 atom stereocenters. The van der Waals surface area contributed by atoms with Gasteiger partial charge in [0.05, 0.1) is 17.2 Å². The Morgan fingerprint density at radius 3 is 1.87 bits per heavy atom. The summed E-state index contributed by atoms with van der Waals surface area (Å²) in [6.07, 6.45) is 0.625. The third-order valence-corrected chi connectivity index (χ3v) is 7.14. The SMILES string of the molecule is CCc1ccc([C@@H]2[C@@H](C(=O)OCc3ccccc3)[C@](C)(O)C/C(=N\O)[C@@H]2C(=O)OCc2ccccc2)cc1. The van der Waals surface area contributed by atoms with Crippen molar-refractivity contribution >= 4 is 17.7 Å². The van der Waals surface area contributed by atoms with Gasteiger partial charge in [-0.2, -0.15) is 0 Å². The second-order valence-electron chi connectivity index (χ2n) is 9.89. The molecular weight excluding hydrogens is 482 g/mol. The van der Waals surface area contributed by atoms with Crippen LogP contribution in [0.1, 0.15) is 48.4 Å². The van der Waals surface area contributed by atoms with Crippen molar-refractivity contribution in [1.82, 2.24) is 0 Å². The van der Waals surface area contributed by atoms with Crippen molar-refractivity contribution in [2.75, 3.05) is 0 Å². The second-order valence-corrected chi connectivity index (χ2v) is 9.89. The van der Waals surface area contributed by atoms with Crippen molar-refractivity contribution in [2.24, 2.45) is 17.0 Å². The fourth-order valence-electron chi connectivity index (χ4n) is 5.15. The number of ether oxygens (including phenoxy) is 2. The molecule has 2 N–H and O–H groups in total. The molecule has 3 aromatic rings. The highest BCUT2D eigenvalue weighted by molar-refractivity contribution is 6.05. The molecule has 3 aromatic carbocycles. The van der Waals surface area contributed by atoms with Crippen LogP contribution in [0.2, 0.25) is 0 Å². The number of carbonyl (C=O) groups excluding carboxylic acids is 2. The summed E-state index contributed by atoms with van der Waals surface area (Å²) in [6.45, 7) is 3.59. The van der Waals surface area contributed by atoms with Gasteiger partial charge in [-0.1, -0.05) is 97.0 Å². The maximum absolute atomic E-state index is 13.6. The number of aryl methyl sites for hydroxylation is 1. The number of hydrogen-bond acceptors (Lipinski definition) is 7. The van der Waals surface area contributed by atoms with E-state index in [-0.39, 0.29) is 25.3 Å². The molecule has 0 unspecified atom stereocenters. The topological polar surface area (TPSA) is 105 Å². The van der Waals surface area contributed by atoms with Crippen LogP contribution in [0.25, 0.3) is 0 Å². The highest BCUT2D eigenvalue weighted by Gasteiger charge is 2.56. The van der Waals surface area contributed by atoms with Gasteiger partial charge in [0, 0.05) is 12.3 Å². The van der Waals surface area contributed by atoms with Gasteiger partial charge in [-0.25, -0.2) is 0 Å². The maximum atomic E-state index is 13.6. The molecule has 7 heteroatoms. The molecule has 0 heterocycles. The summed E-state index contributed by atoms with van der Waals surface area (Å²) in [4.78, 5) is 27.2. The van der Waals surface area contributed by atoms with Gasteiger partial charge in [-0.05, 0) is 35.6 Å². The van der Waals surface area contributed by atoms with Crippen LogP contribution in [0.5, 0.6) is 0 Å². The second kappa shape index (κ2) is 12.0. The lowest BCUT2D eigenvalue weighted by Crippen LogP contribution is -2.55. The van der Waals surface area contributed by atoms with Gasteiger partial charge < -0.3 is 19.8 Å². The van der Waals surface area contributed by atoms with Crippen LogP contribution >= 0.6 is 0 Å². The molecule has 38 heavy (non-hydrogen) atoms. The van der Waals surface area contributed by atoms with Gasteiger partial charge in [0.15, 0.2) is 0 Å². The Morgan fingerprint density at radius 1 is 0.842 bits per heavy atom. The molecule has 1 aliphatic rings. The number of nitrogens with zero attached hydrogens (tertiary/aromatic N) is 1. The van der Waals surface area contributed by atoms with E-state index in [1.165, 1.54) is 6.92 Å². The van der Waals surface area contributed by atoms with Gasteiger partial charge >= 0.3 is 11.9 Å². The summed E-state index contributed by atoms with van der Waals surface area (Å²) in [5.41, 5.74) is 1.75. The Bertz CT molecular complexity index is 1250. The van der Waals surface area contributed by atoms with Gasteiger partial charge in [-0.15, -0.1) is 0 Å².